The van der Waals surface area contributed by atoms with Crippen molar-refractivity contribution in [3.63, 3.8) is 0 Å². The average Bonchev–Trinajstić information content (AvgIpc) is 3.24. The molecule has 27 heavy (non-hydrogen) atoms. The Morgan fingerprint density at radius 1 is 0.963 bits per heavy atom. The number of hydrogen-bond acceptors (Lipinski definition) is 5. The van der Waals surface area contributed by atoms with E-state index in [0.29, 0.717) is 5.92 Å². The van der Waals surface area contributed by atoms with Gasteiger partial charge >= 0.3 is 0 Å². The maximum absolute atomic E-state index is 10.7. The molecule has 1 N–H and O–H groups in total. The second kappa shape index (κ2) is 7.98. The minimum Gasteiger partial charge on any atom is -0.388 e. The van der Waals surface area contributed by atoms with E-state index < -0.39 is 6.10 Å². The van der Waals surface area contributed by atoms with Crippen LogP contribution < -0.4 is 0 Å². The number of likely N-dealkylation sites (tertiary alicyclic amines) is 1. The Morgan fingerprint density at radius 2 is 1.59 bits per heavy atom. The maximum Gasteiger partial charge on any atom is 0.173 e. The van der Waals surface area contributed by atoms with Crippen molar-refractivity contribution < 1.29 is 5.11 Å². The number of nitrogens with zero attached hydrogens (tertiary/aromatic N) is 5. The fourth-order valence-corrected chi connectivity index (χ4v) is 3.92. The van der Waals surface area contributed by atoms with E-state index >= 15 is 0 Å². The summed E-state index contributed by atoms with van der Waals surface area (Å²) < 4.78 is 1.82. The minimum atomic E-state index is -0.390. The SMILES string of the molecule is CC(c1nnnn1-c1ccccc1)N1CCC(C(O)c2ccccc2)CC1. The van der Waals surface area contributed by atoms with Gasteiger partial charge in [-0.1, -0.05) is 48.5 Å². The third-order valence-electron chi connectivity index (χ3n) is 5.58. The van der Waals surface area contributed by atoms with Gasteiger partial charge in [-0.05, 0) is 66.9 Å². The number of hydrogen-bond donors (Lipinski definition) is 1. The molecule has 6 heteroatoms. The molecule has 1 saturated heterocycles. The fraction of sp³-hybridized carbons (Fsp3) is 0.381. The number of aliphatic hydroxyl groups excluding tert-OH is 1. The number of aliphatic hydroxyl groups is 1. The van der Waals surface area contributed by atoms with Crippen LogP contribution in [0.5, 0.6) is 0 Å². The third-order valence-corrected chi connectivity index (χ3v) is 5.58. The largest absolute Gasteiger partial charge is 0.388 e. The van der Waals surface area contributed by atoms with Gasteiger partial charge in [0.15, 0.2) is 5.82 Å². The lowest BCUT2D eigenvalue weighted by Crippen LogP contribution is -2.38. The van der Waals surface area contributed by atoms with Crippen LogP contribution in [0.25, 0.3) is 5.69 Å². The molecule has 2 unspecified atom stereocenters. The van der Waals surface area contributed by atoms with Crippen LogP contribution in [0.15, 0.2) is 60.7 Å². The van der Waals surface area contributed by atoms with Gasteiger partial charge < -0.3 is 5.11 Å². The van der Waals surface area contributed by atoms with Gasteiger partial charge in [0, 0.05) is 0 Å². The topological polar surface area (TPSA) is 67.1 Å². The first-order chi connectivity index (χ1) is 13.2. The summed E-state index contributed by atoms with van der Waals surface area (Å²) in [7, 11) is 0. The van der Waals surface area contributed by atoms with Crippen molar-refractivity contribution in [3.05, 3.63) is 72.1 Å². The molecular weight excluding hydrogens is 338 g/mol. The lowest BCUT2D eigenvalue weighted by Gasteiger charge is -2.37. The van der Waals surface area contributed by atoms with Crippen molar-refractivity contribution in [2.45, 2.75) is 31.9 Å². The molecule has 1 fully saturated rings. The van der Waals surface area contributed by atoms with Gasteiger partial charge in [-0.15, -0.1) is 5.10 Å². The Balaban J connectivity index is 1.43. The molecular formula is C21H25N5O. The van der Waals surface area contributed by atoms with Crippen molar-refractivity contribution in [1.82, 2.24) is 25.1 Å². The second-order valence-corrected chi connectivity index (χ2v) is 7.19. The Labute approximate surface area is 159 Å². The summed E-state index contributed by atoms with van der Waals surface area (Å²) in [6.07, 6.45) is 1.54. The normalized spacial score (nSPS) is 18.3. The molecule has 3 aromatic rings. The van der Waals surface area contributed by atoms with Gasteiger partial charge in [0.2, 0.25) is 0 Å². The zero-order valence-electron chi connectivity index (χ0n) is 15.5. The molecule has 6 nitrogen and oxygen atoms in total. The van der Waals surface area contributed by atoms with E-state index in [2.05, 4.69) is 27.3 Å². The molecule has 0 radical (unpaired) electrons. The third kappa shape index (κ3) is 3.77. The summed E-state index contributed by atoms with van der Waals surface area (Å²) in [5, 5.41) is 23.0. The molecule has 0 aliphatic carbocycles. The van der Waals surface area contributed by atoms with Crippen LogP contribution in [0, 0.1) is 5.92 Å². The number of aromatic nitrogens is 4. The molecule has 0 bridgehead atoms. The van der Waals surface area contributed by atoms with Crippen LogP contribution >= 0.6 is 0 Å². The molecule has 140 valence electrons. The minimum absolute atomic E-state index is 0.120. The van der Waals surface area contributed by atoms with Gasteiger partial charge in [0.25, 0.3) is 0 Å². The summed E-state index contributed by atoms with van der Waals surface area (Å²) in [5.74, 6) is 1.14. The van der Waals surface area contributed by atoms with Crippen LogP contribution in [0.1, 0.15) is 43.3 Å². The van der Waals surface area contributed by atoms with Gasteiger partial charge in [0.1, 0.15) is 0 Å². The van der Waals surface area contributed by atoms with E-state index in [-0.39, 0.29) is 6.04 Å². The first-order valence-corrected chi connectivity index (χ1v) is 9.55. The predicted octanol–water partition coefficient (Wildman–Crippen LogP) is 3.17. The number of para-hydroxylation sites is 1. The fourth-order valence-electron chi connectivity index (χ4n) is 3.92. The molecule has 0 spiro atoms. The van der Waals surface area contributed by atoms with Gasteiger partial charge in [0.05, 0.1) is 17.8 Å². The van der Waals surface area contributed by atoms with Crippen LogP contribution in [-0.4, -0.2) is 43.3 Å². The molecule has 2 aromatic carbocycles. The highest BCUT2D eigenvalue weighted by atomic mass is 16.3. The van der Waals surface area contributed by atoms with Crippen molar-refractivity contribution in [1.29, 1.82) is 0 Å². The van der Waals surface area contributed by atoms with Crippen LogP contribution in [0.2, 0.25) is 0 Å². The monoisotopic (exact) mass is 363 g/mol. The van der Waals surface area contributed by atoms with Crippen molar-refractivity contribution in [2.24, 2.45) is 5.92 Å². The molecule has 2 heterocycles. The van der Waals surface area contributed by atoms with Gasteiger partial charge in [-0.25, -0.2) is 0 Å². The molecule has 0 amide bonds. The summed E-state index contributed by atoms with van der Waals surface area (Å²) in [6, 6.07) is 20.1. The Morgan fingerprint density at radius 3 is 2.26 bits per heavy atom. The highest BCUT2D eigenvalue weighted by Crippen LogP contribution is 2.33. The van der Waals surface area contributed by atoms with E-state index in [4.69, 9.17) is 0 Å². The van der Waals surface area contributed by atoms with E-state index in [1.54, 1.807) is 0 Å². The van der Waals surface area contributed by atoms with Gasteiger partial charge in [-0.3, -0.25) is 4.90 Å². The number of piperidine rings is 1. The van der Waals surface area contributed by atoms with Crippen molar-refractivity contribution >= 4 is 0 Å². The maximum atomic E-state index is 10.7. The first kappa shape index (κ1) is 17.8. The molecule has 1 aromatic heterocycles. The molecule has 0 saturated carbocycles. The van der Waals surface area contributed by atoms with Crippen molar-refractivity contribution in [2.75, 3.05) is 13.1 Å². The van der Waals surface area contributed by atoms with Crippen LogP contribution in [0.3, 0.4) is 0 Å². The molecule has 2 atom stereocenters. The lowest BCUT2D eigenvalue weighted by atomic mass is 9.87. The zero-order chi connectivity index (χ0) is 18.6. The summed E-state index contributed by atoms with van der Waals surface area (Å²) in [6.45, 7) is 4.01. The lowest BCUT2D eigenvalue weighted by molar-refractivity contribution is 0.0456. The summed E-state index contributed by atoms with van der Waals surface area (Å²) in [4.78, 5) is 2.40. The van der Waals surface area contributed by atoms with E-state index in [9.17, 15) is 5.11 Å². The quantitative estimate of drug-likeness (QED) is 0.754. The number of rotatable bonds is 5. The standard InChI is InChI=1S/C21H25N5O/c1-16(21-22-23-24-26(21)19-10-6-3-7-11-19)25-14-12-18(13-15-25)20(27)17-8-4-2-5-9-17/h2-11,16,18,20,27H,12-15H2,1H3. The Kier molecular flexibility index (Phi) is 5.27. The molecule has 1 aliphatic heterocycles. The smallest absolute Gasteiger partial charge is 0.173 e. The highest BCUT2D eigenvalue weighted by Gasteiger charge is 2.30. The predicted molar refractivity (Wildman–Crippen MR) is 103 cm³/mol. The zero-order valence-corrected chi connectivity index (χ0v) is 15.5. The molecule has 4 rings (SSSR count). The first-order valence-electron chi connectivity index (χ1n) is 9.55. The highest BCUT2D eigenvalue weighted by molar-refractivity contribution is 5.31. The number of benzene rings is 2. The Hall–Kier alpha value is -2.57. The number of tetrazole rings is 1. The Bertz CT molecular complexity index is 843. The summed E-state index contributed by atoms with van der Waals surface area (Å²) in [5.41, 5.74) is 1.98. The van der Waals surface area contributed by atoms with Gasteiger partial charge in [-0.2, -0.15) is 4.68 Å². The summed E-state index contributed by atoms with van der Waals surface area (Å²) >= 11 is 0. The molecule has 1 aliphatic rings. The second-order valence-electron chi connectivity index (χ2n) is 7.19. The average molecular weight is 363 g/mol. The van der Waals surface area contributed by atoms with Crippen LogP contribution in [-0.2, 0) is 0 Å². The van der Waals surface area contributed by atoms with E-state index in [1.165, 1.54) is 0 Å². The van der Waals surface area contributed by atoms with Crippen LogP contribution in [0.4, 0.5) is 0 Å². The van der Waals surface area contributed by atoms with Crippen molar-refractivity contribution in [3.8, 4) is 5.69 Å². The van der Waals surface area contributed by atoms with E-state index in [0.717, 1.165) is 43.0 Å². The van der Waals surface area contributed by atoms with E-state index in [1.807, 2.05) is 65.3 Å².